The molecule has 2 aliphatic rings. The van der Waals surface area contributed by atoms with Gasteiger partial charge in [0, 0.05) is 50.6 Å². The zero-order valence-corrected chi connectivity index (χ0v) is 21.1. The zero-order valence-electron chi connectivity index (χ0n) is 21.1. The zero-order chi connectivity index (χ0) is 26.9. The van der Waals surface area contributed by atoms with E-state index >= 15 is 0 Å². The van der Waals surface area contributed by atoms with Crippen molar-refractivity contribution in [1.82, 2.24) is 14.8 Å². The van der Waals surface area contributed by atoms with Crippen molar-refractivity contribution in [3.8, 4) is 0 Å². The average molecular weight is 522 g/mol. The van der Waals surface area contributed by atoms with Crippen molar-refractivity contribution in [1.29, 1.82) is 0 Å². The number of furan rings is 1. The van der Waals surface area contributed by atoms with Gasteiger partial charge in [-0.1, -0.05) is 0 Å². The lowest BCUT2D eigenvalue weighted by atomic mass is 9.90. The van der Waals surface area contributed by atoms with Crippen LogP contribution in [0.2, 0.25) is 0 Å². The molecule has 6 N–H and O–H groups in total. The highest BCUT2D eigenvalue weighted by Crippen LogP contribution is 2.35. The molecule has 0 amide bonds. The van der Waals surface area contributed by atoms with Crippen molar-refractivity contribution in [2.45, 2.75) is 43.8 Å². The lowest BCUT2D eigenvalue weighted by Crippen LogP contribution is -2.53. The first kappa shape index (κ1) is 26.9. The maximum Gasteiger partial charge on any atom is 0.393 e. The summed E-state index contributed by atoms with van der Waals surface area (Å²) >= 11 is 0. The van der Waals surface area contributed by atoms with Gasteiger partial charge in [-0.25, -0.2) is 0 Å². The molecule has 0 bridgehead atoms. The lowest BCUT2D eigenvalue weighted by Gasteiger charge is -2.39. The smallest absolute Gasteiger partial charge is 0.393 e. The van der Waals surface area contributed by atoms with Gasteiger partial charge in [0.1, 0.15) is 16.9 Å². The lowest BCUT2D eigenvalue weighted by molar-refractivity contribution is -0.184. The Morgan fingerprint density at radius 2 is 2.00 bits per heavy atom. The van der Waals surface area contributed by atoms with Gasteiger partial charge in [-0.2, -0.15) is 13.2 Å². The normalized spacial score (nSPS) is 23.1. The van der Waals surface area contributed by atoms with Crippen molar-refractivity contribution < 1.29 is 22.4 Å². The van der Waals surface area contributed by atoms with Crippen LogP contribution in [-0.4, -0.2) is 78.9 Å². The number of anilines is 1. The number of rotatable bonds is 5. The number of nitrogens with zero attached hydrogens (tertiary/aromatic N) is 4. The van der Waals surface area contributed by atoms with Crippen molar-refractivity contribution in [2.75, 3.05) is 46.0 Å². The molecule has 2 aromatic heterocycles. The highest BCUT2D eigenvalue weighted by molar-refractivity contribution is 6.14. The first-order chi connectivity index (χ1) is 17.5. The fourth-order valence-electron chi connectivity index (χ4n) is 5.36. The molecule has 202 valence electrons. The van der Waals surface area contributed by atoms with Crippen LogP contribution >= 0.6 is 0 Å². The number of aliphatic imine (C=N–C) groups is 1. The number of halogens is 3. The molecule has 0 saturated carbocycles. The Hall–Kier alpha value is -3.12. The van der Waals surface area contributed by atoms with Gasteiger partial charge in [-0.05, 0) is 56.9 Å². The van der Waals surface area contributed by atoms with Gasteiger partial charge in [0.25, 0.3) is 0 Å². The van der Waals surface area contributed by atoms with E-state index < -0.39 is 23.9 Å². The number of ketones is 1. The number of alkyl halides is 3. The molecule has 0 aliphatic carbocycles. The summed E-state index contributed by atoms with van der Waals surface area (Å²) < 4.78 is 46.0. The van der Waals surface area contributed by atoms with Crippen molar-refractivity contribution in [3.63, 3.8) is 0 Å². The Bertz CT molecular complexity index is 1200. The molecule has 0 unspecified atom stereocenters. The number of likely N-dealkylation sites (tertiary alicyclic amines) is 2. The summed E-state index contributed by atoms with van der Waals surface area (Å²) in [5.41, 5.74) is 20.1. The summed E-state index contributed by atoms with van der Waals surface area (Å²) in [5, 5.41) is 0. The molecule has 37 heavy (non-hydrogen) atoms. The molecule has 0 aromatic carbocycles. The highest BCUT2D eigenvalue weighted by atomic mass is 19.4. The molecule has 2 fully saturated rings. The number of nitrogens with two attached hydrogens (primary N) is 3. The molecule has 2 aliphatic heterocycles. The maximum absolute atomic E-state index is 13.4. The van der Waals surface area contributed by atoms with Gasteiger partial charge in [-0.3, -0.25) is 14.8 Å². The molecule has 4 heterocycles. The van der Waals surface area contributed by atoms with E-state index in [1.54, 1.807) is 6.20 Å². The monoisotopic (exact) mass is 521 g/mol. The van der Waals surface area contributed by atoms with Crippen molar-refractivity contribution in [2.24, 2.45) is 22.4 Å². The molecule has 2 aromatic rings. The number of aromatic nitrogens is 1. The fourth-order valence-corrected chi connectivity index (χ4v) is 5.36. The summed E-state index contributed by atoms with van der Waals surface area (Å²) in [5.74, 6) is -1.52. The van der Waals surface area contributed by atoms with Crippen LogP contribution in [0.4, 0.5) is 19.1 Å². The Morgan fingerprint density at radius 3 is 2.62 bits per heavy atom. The SMILES string of the molecule is CN=C(C(=CN)CC(=O)c1c(N)oc2cc(C3CCN(C)CC3)cnc12)N1C[C@@H](N)C[C@@H](C(F)(F)F)C1. The minimum atomic E-state index is -4.39. The number of nitrogen functional groups attached to an aromatic ring is 1. The number of piperidine rings is 2. The van der Waals surface area contributed by atoms with Gasteiger partial charge >= 0.3 is 6.18 Å². The standard InChI is InChI=1S/C25H34F3N7O2/c1-32-24(35-12-17(25(26,27)28)9-18(30)13-35)15(10-29)7-19(36)21-22-20(37-23(21)31)8-16(11-33-22)14-3-5-34(2)6-4-14/h8,10-11,14,17-18H,3-7,9,12-13,29-31H2,1-2H3/t17-,18+/m1/s1. The van der Waals surface area contributed by atoms with Gasteiger partial charge in [0.2, 0.25) is 5.88 Å². The molecule has 2 saturated heterocycles. The Morgan fingerprint density at radius 1 is 1.30 bits per heavy atom. The van der Waals surface area contributed by atoms with E-state index in [2.05, 4.69) is 21.9 Å². The first-order valence-electron chi connectivity index (χ1n) is 12.4. The first-order valence-corrected chi connectivity index (χ1v) is 12.4. The molecule has 0 spiro atoms. The molecule has 0 radical (unpaired) electrons. The van der Waals surface area contributed by atoms with Crippen LogP contribution in [0, 0.1) is 5.92 Å². The molecule has 9 nitrogen and oxygen atoms in total. The van der Waals surface area contributed by atoms with E-state index in [1.807, 2.05) is 6.07 Å². The topological polar surface area (TPSA) is 140 Å². The number of amidine groups is 1. The van der Waals surface area contributed by atoms with Crippen molar-refractivity contribution in [3.05, 3.63) is 35.2 Å². The van der Waals surface area contributed by atoms with E-state index in [1.165, 1.54) is 18.1 Å². The highest BCUT2D eigenvalue weighted by Gasteiger charge is 2.44. The van der Waals surface area contributed by atoms with Gasteiger partial charge in [0.15, 0.2) is 11.4 Å². The van der Waals surface area contributed by atoms with Crippen molar-refractivity contribution >= 4 is 28.6 Å². The number of carbonyl (C=O) groups excluding carboxylic acids is 1. The van der Waals surface area contributed by atoms with Crippen LogP contribution in [-0.2, 0) is 0 Å². The van der Waals surface area contributed by atoms with Crippen LogP contribution in [0.3, 0.4) is 0 Å². The second kappa shape index (κ2) is 10.7. The summed E-state index contributed by atoms with van der Waals surface area (Å²) in [6.45, 7) is 1.85. The minimum absolute atomic E-state index is 0.0588. The predicted molar refractivity (Wildman–Crippen MR) is 136 cm³/mol. The second-order valence-corrected chi connectivity index (χ2v) is 10.0. The molecule has 4 rings (SSSR count). The van der Waals surface area contributed by atoms with E-state index in [-0.39, 0.29) is 48.8 Å². The number of fused-ring (bicyclic) bond motifs is 1. The number of hydrogen-bond acceptors (Lipinski definition) is 8. The van der Waals surface area contributed by atoms with Crippen LogP contribution < -0.4 is 17.2 Å². The van der Waals surface area contributed by atoms with Crippen LogP contribution in [0.5, 0.6) is 0 Å². The van der Waals surface area contributed by atoms with Gasteiger partial charge < -0.3 is 31.4 Å². The number of pyridine rings is 1. The summed E-state index contributed by atoms with van der Waals surface area (Å²) in [6.07, 6.45) is 0.167. The summed E-state index contributed by atoms with van der Waals surface area (Å²) in [7, 11) is 3.54. The number of carbonyl (C=O) groups is 1. The molecular weight excluding hydrogens is 487 g/mol. The average Bonchev–Trinajstić information content (AvgIpc) is 3.18. The van der Waals surface area contributed by atoms with E-state index in [4.69, 9.17) is 21.6 Å². The van der Waals surface area contributed by atoms with Crippen LogP contribution in [0.25, 0.3) is 11.1 Å². The Labute approximate surface area is 213 Å². The Kier molecular flexibility index (Phi) is 7.79. The minimum Gasteiger partial charge on any atom is -0.438 e. The molecule has 12 heteroatoms. The maximum atomic E-state index is 13.4. The molecular formula is C25H34F3N7O2. The quantitative estimate of drug-likeness (QED) is 0.310. The fraction of sp³-hybridized carbons (Fsp3) is 0.560. The van der Waals surface area contributed by atoms with E-state index in [0.717, 1.165) is 31.5 Å². The third kappa shape index (κ3) is 5.74. The van der Waals surface area contributed by atoms with Gasteiger partial charge in [-0.15, -0.1) is 0 Å². The summed E-state index contributed by atoms with van der Waals surface area (Å²) in [4.78, 5) is 25.8. The summed E-state index contributed by atoms with van der Waals surface area (Å²) in [6, 6.07) is 1.19. The van der Waals surface area contributed by atoms with Crippen LogP contribution in [0.1, 0.15) is 47.5 Å². The molecule has 2 atom stereocenters. The van der Waals surface area contributed by atoms with E-state index in [0.29, 0.717) is 17.0 Å². The predicted octanol–water partition coefficient (Wildman–Crippen LogP) is 2.87. The third-order valence-electron chi connectivity index (χ3n) is 7.34. The van der Waals surface area contributed by atoms with E-state index in [9.17, 15) is 18.0 Å². The number of hydrogen-bond donors (Lipinski definition) is 3. The number of Topliss-reactive ketones (excluding diaryl/α,β-unsaturated/α-hetero) is 1. The van der Waals surface area contributed by atoms with Gasteiger partial charge in [0.05, 0.1) is 5.92 Å². The largest absolute Gasteiger partial charge is 0.438 e. The van der Waals surface area contributed by atoms with Crippen LogP contribution in [0.15, 0.2) is 33.4 Å². The second-order valence-electron chi connectivity index (χ2n) is 10.0. The third-order valence-corrected chi connectivity index (χ3v) is 7.34. The Balaban J connectivity index is 1.55.